The van der Waals surface area contributed by atoms with Crippen LogP contribution in [-0.2, 0) is 4.79 Å². The lowest BCUT2D eigenvalue weighted by atomic mass is 10.1. The second kappa shape index (κ2) is 5.73. The van der Waals surface area contributed by atoms with Crippen LogP contribution in [0.25, 0.3) is 10.9 Å². The maximum atomic E-state index is 11.7. The minimum Gasteiger partial charge on any atom is -0.397 e. The summed E-state index contributed by atoms with van der Waals surface area (Å²) >= 11 is 1.65. The number of rotatable bonds is 4. The fraction of sp³-hybridized carbons (Fsp3) is 0.231. The Morgan fingerprint density at radius 2 is 2.28 bits per heavy atom. The molecule has 2 rings (SSSR count). The van der Waals surface area contributed by atoms with Gasteiger partial charge in [0, 0.05) is 23.8 Å². The van der Waals surface area contributed by atoms with Gasteiger partial charge in [-0.3, -0.25) is 9.78 Å². The second-order valence-corrected chi connectivity index (χ2v) is 4.88. The number of hydrogen-bond donors (Lipinski definition) is 2. The Balaban J connectivity index is 2.29. The number of aromatic nitrogens is 1. The summed E-state index contributed by atoms with van der Waals surface area (Å²) in [4.78, 5) is 16.0. The predicted octanol–water partition coefficient (Wildman–Crippen LogP) is 2.51. The van der Waals surface area contributed by atoms with Crippen LogP contribution in [0.3, 0.4) is 0 Å². The third-order valence-electron chi connectivity index (χ3n) is 2.61. The molecule has 5 heteroatoms. The lowest BCUT2D eigenvalue weighted by Crippen LogP contribution is -2.12. The van der Waals surface area contributed by atoms with E-state index in [0.717, 1.165) is 22.3 Å². The molecule has 2 aromatic rings. The largest absolute Gasteiger partial charge is 0.397 e. The van der Waals surface area contributed by atoms with Gasteiger partial charge in [-0.25, -0.2) is 0 Å². The maximum Gasteiger partial charge on any atom is 0.225 e. The van der Waals surface area contributed by atoms with Gasteiger partial charge in [-0.05, 0) is 30.5 Å². The van der Waals surface area contributed by atoms with E-state index in [9.17, 15) is 4.79 Å². The van der Waals surface area contributed by atoms with Crippen LogP contribution in [-0.4, -0.2) is 22.9 Å². The Hall–Kier alpha value is -1.75. The minimum atomic E-state index is 0.0132. The molecule has 0 atom stereocenters. The topological polar surface area (TPSA) is 68.0 Å². The molecular weight excluding hydrogens is 246 g/mol. The van der Waals surface area contributed by atoms with Crippen molar-refractivity contribution in [3.63, 3.8) is 0 Å². The second-order valence-electron chi connectivity index (χ2n) is 3.89. The Morgan fingerprint density at radius 3 is 3.06 bits per heavy atom. The molecule has 1 aromatic heterocycles. The van der Waals surface area contributed by atoms with Gasteiger partial charge >= 0.3 is 0 Å². The Bertz CT molecular complexity index is 571. The van der Waals surface area contributed by atoms with Crippen molar-refractivity contribution in [2.24, 2.45) is 0 Å². The van der Waals surface area contributed by atoms with Gasteiger partial charge in [0.2, 0.25) is 5.91 Å². The molecule has 18 heavy (non-hydrogen) atoms. The molecule has 0 saturated heterocycles. The number of pyridine rings is 1. The van der Waals surface area contributed by atoms with E-state index < -0.39 is 0 Å². The van der Waals surface area contributed by atoms with Crippen molar-refractivity contribution in [3.8, 4) is 0 Å². The fourth-order valence-electron chi connectivity index (χ4n) is 1.71. The maximum absolute atomic E-state index is 11.7. The van der Waals surface area contributed by atoms with E-state index in [2.05, 4.69) is 10.3 Å². The van der Waals surface area contributed by atoms with Crippen LogP contribution >= 0.6 is 11.8 Å². The first-order valence-electron chi connectivity index (χ1n) is 5.64. The van der Waals surface area contributed by atoms with Crippen LogP contribution in [0, 0.1) is 0 Å². The third-order valence-corrected chi connectivity index (χ3v) is 3.22. The number of benzene rings is 1. The number of nitrogen functional groups attached to an aromatic ring is 1. The van der Waals surface area contributed by atoms with E-state index in [4.69, 9.17) is 5.73 Å². The quantitative estimate of drug-likeness (QED) is 0.830. The number of fused-ring (bicyclic) bond motifs is 1. The average molecular weight is 261 g/mol. The summed E-state index contributed by atoms with van der Waals surface area (Å²) < 4.78 is 0. The molecule has 1 aromatic carbocycles. The van der Waals surface area contributed by atoms with Gasteiger partial charge in [-0.1, -0.05) is 0 Å². The van der Waals surface area contributed by atoms with Crippen molar-refractivity contribution in [1.29, 1.82) is 0 Å². The van der Waals surface area contributed by atoms with Crippen molar-refractivity contribution in [1.82, 2.24) is 4.98 Å². The molecule has 0 aliphatic carbocycles. The van der Waals surface area contributed by atoms with E-state index in [1.54, 1.807) is 24.0 Å². The highest BCUT2D eigenvalue weighted by molar-refractivity contribution is 7.98. The average Bonchev–Trinajstić information content (AvgIpc) is 2.40. The highest BCUT2D eigenvalue weighted by atomic mass is 32.2. The predicted molar refractivity (Wildman–Crippen MR) is 77.8 cm³/mol. The van der Waals surface area contributed by atoms with E-state index >= 15 is 0 Å². The Morgan fingerprint density at radius 1 is 1.44 bits per heavy atom. The zero-order valence-electron chi connectivity index (χ0n) is 10.1. The zero-order valence-corrected chi connectivity index (χ0v) is 11.0. The molecule has 1 amide bonds. The Labute approximate surface area is 110 Å². The highest BCUT2D eigenvalue weighted by Crippen LogP contribution is 2.26. The highest BCUT2D eigenvalue weighted by Gasteiger charge is 2.07. The first-order chi connectivity index (χ1) is 8.72. The number of anilines is 2. The first kappa shape index (κ1) is 12.7. The summed E-state index contributed by atoms with van der Waals surface area (Å²) in [6.45, 7) is 0. The smallest absolute Gasteiger partial charge is 0.225 e. The van der Waals surface area contributed by atoms with Crippen LogP contribution in [0.5, 0.6) is 0 Å². The van der Waals surface area contributed by atoms with Crippen molar-refractivity contribution >= 4 is 39.9 Å². The summed E-state index contributed by atoms with van der Waals surface area (Å²) in [5.41, 5.74) is 7.96. The molecule has 0 fully saturated rings. The van der Waals surface area contributed by atoms with E-state index in [-0.39, 0.29) is 5.91 Å². The van der Waals surface area contributed by atoms with Crippen LogP contribution in [0.2, 0.25) is 0 Å². The molecule has 0 spiro atoms. The van der Waals surface area contributed by atoms with Crippen LogP contribution in [0.4, 0.5) is 11.4 Å². The molecule has 3 N–H and O–H groups in total. The lowest BCUT2D eigenvalue weighted by Gasteiger charge is -2.09. The fourth-order valence-corrected chi connectivity index (χ4v) is 2.10. The molecule has 4 nitrogen and oxygen atoms in total. The number of amides is 1. The van der Waals surface area contributed by atoms with Gasteiger partial charge in [0.25, 0.3) is 0 Å². The van der Waals surface area contributed by atoms with Gasteiger partial charge in [0.1, 0.15) is 0 Å². The number of nitrogens with two attached hydrogens (primary N) is 1. The summed E-state index contributed by atoms with van der Waals surface area (Å²) in [5, 5.41) is 3.77. The molecule has 0 radical (unpaired) electrons. The number of carbonyl (C=O) groups is 1. The summed E-state index contributed by atoms with van der Waals surface area (Å²) in [7, 11) is 0. The first-order valence-corrected chi connectivity index (χ1v) is 7.03. The van der Waals surface area contributed by atoms with E-state index in [1.165, 1.54) is 0 Å². The third kappa shape index (κ3) is 2.73. The molecule has 94 valence electrons. The number of nitrogens with one attached hydrogen (secondary N) is 1. The standard InChI is InChI=1S/C13H15N3OS/c1-18-8-6-12(17)16-11-5-4-10(14)13-9(11)3-2-7-15-13/h2-5,7H,6,8,14H2,1H3,(H,16,17). The summed E-state index contributed by atoms with van der Waals surface area (Å²) in [5.74, 6) is 0.830. The van der Waals surface area contributed by atoms with Crippen molar-refractivity contribution in [3.05, 3.63) is 30.5 Å². The normalized spacial score (nSPS) is 10.5. The molecule has 0 saturated carbocycles. The van der Waals surface area contributed by atoms with Gasteiger partial charge in [0.05, 0.1) is 16.9 Å². The minimum absolute atomic E-state index is 0.0132. The van der Waals surface area contributed by atoms with Gasteiger partial charge in [0.15, 0.2) is 0 Å². The number of hydrogen-bond acceptors (Lipinski definition) is 4. The van der Waals surface area contributed by atoms with Crippen molar-refractivity contribution in [2.45, 2.75) is 6.42 Å². The van der Waals surface area contributed by atoms with Gasteiger partial charge in [-0.2, -0.15) is 11.8 Å². The van der Waals surface area contributed by atoms with Gasteiger partial charge < -0.3 is 11.1 Å². The molecule has 0 unspecified atom stereocenters. The van der Waals surface area contributed by atoms with Gasteiger partial charge in [-0.15, -0.1) is 0 Å². The summed E-state index contributed by atoms with van der Waals surface area (Å²) in [6, 6.07) is 7.32. The molecule has 0 aliphatic heterocycles. The van der Waals surface area contributed by atoms with E-state index in [1.807, 2.05) is 24.5 Å². The number of nitrogens with zero attached hydrogens (tertiary/aromatic N) is 1. The van der Waals surface area contributed by atoms with E-state index in [0.29, 0.717) is 12.1 Å². The van der Waals surface area contributed by atoms with Crippen molar-refractivity contribution in [2.75, 3.05) is 23.1 Å². The SMILES string of the molecule is CSCCC(=O)Nc1ccc(N)c2ncccc12. The number of carbonyl (C=O) groups excluding carboxylic acids is 1. The lowest BCUT2D eigenvalue weighted by molar-refractivity contribution is -0.115. The molecular formula is C13H15N3OS. The van der Waals surface area contributed by atoms with Crippen LogP contribution < -0.4 is 11.1 Å². The van der Waals surface area contributed by atoms with Crippen LogP contribution in [0.15, 0.2) is 30.5 Å². The Kier molecular flexibility index (Phi) is 4.04. The summed E-state index contributed by atoms with van der Waals surface area (Å²) in [6.07, 6.45) is 4.18. The molecule has 0 aliphatic rings. The monoisotopic (exact) mass is 261 g/mol. The number of thioether (sulfide) groups is 1. The molecule has 1 heterocycles. The van der Waals surface area contributed by atoms with Crippen molar-refractivity contribution < 1.29 is 4.79 Å². The zero-order chi connectivity index (χ0) is 13.0. The molecule has 0 bridgehead atoms. The van der Waals surface area contributed by atoms with Crippen LogP contribution in [0.1, 0.15) is 6.42 Å².